The number of nitrogens with one attached hydrogen (secondary N) is 1. The van der Waals surface area contributed by atoms with E-state index in [4.69, 9.17) is 4.74 Å². The molecule has 1 amide bonds. The number of carbonyl (C=O) groups is 1. The van der Waals surface area contributed by atoms with Gasteiger partial charge in [0.15, 0.2) is 0 Å². The lowest BCUT2D eigenvalue weighted by molar-refractivity contribution is 0.0636. The summed E-state index contributed by atoms with van der Waals surface area (Å²) in [7, 11) is 0. The van der Waals surface area contributed by atoms with Crippen LogP contribution in [0.2, 0.25) is 0 Å². The topological polar surface area (TPSA) is 38.3 Å². The minimum atomic E-state index is -0.592. The number of anilines is 1. The number of amides is 1. The molecule has 0 fully saturated rings. The van der Waals surface area contributed by atoms with Gasteiger partial charge in [-0.2, -0.15) is 0 Å². The summed E-state index contributed by atoms with van der Waals surface area (Å²) >= 11 is 3.27. The average molecular weight is 304 g/mol. The Morgan fingerprint density at radius 1 is 1.47 bits per heavy atom. The van der Waals surface area contributed by atoms with Crippen molar-refractivity contribution in [2.75, 3.05) is 5.32 Å². The average Bonchev–Trinajstić information content (AvgIpc) is 2.14. The van der Waals surface area contributed by atoms with E-state index in [1.54, 1.807) is 26.8 Å². The van der Waals surface area contributed by atoms with Gasteiger partial charge in [0.25, 0.3) is 0 Å². The van der Waals surface area contributed by atoms with Gasteiger partial charge >= 0.3 is 6.09 Å². The van der Waals surface area contributed by atoms with Crippen molar-refractivity contribution in [1.29, 1.82) is 0 Å². The van der Waals surface area contributed by atoms with Crippen molar-refractivity contribution < 1.29 is 13.9 Å². The van der Waals surface area contributed by atoms with Crippen molar-refractivity contribution in [3.05, 3.63) is 29.6 Å². The molecule has 0 unspecified atom stereocenters. The summed E-state index contributed by atoms with van der Waals surface area (Å²) in [6.45, 7) is 5.30. The number of hydrogen-bond acceptors (Lipinski definition) is 2. The molecule has 0 radical (unpaired) electrons. The normalized spacial score (nSPS) is 11.1. The summed E-state index contributed by atoms with van der Waals surface area (Å²) in [6, 6.07) is 4.22. The quantitative estimate of drug-likeness (QED) is 0.837. The van der Waals surface area contributed by atoms with Gasteiger partial charge in [0.05, 0.1) is 5.69 Å². The van der Waals surface area contributed by atoms with Gasteiger partial charge in [-0.15, -0.1) is 0 Å². The van der Waals surface area contributed by atoms with Crippen molar-refractivity contribution in [3.8, 4) is 0 Å². The molecule has 0 aromatic heterocycles. The fourth-order valence-corrected chi connectivity index (χ4v) is 1.68. The summed E-state index contributed by atoms with van der Waals surface area (Å²) in [5.74, 6) is -0.402. The van der Waals surface area contributed by atoms with Crippen LogP contribution in [0.1, 0.15) is 26.3 Å². The van der Waals surface area contributed by atoms with Crippen molar-refractivity contribution in [2.24, 2.45) is 0 Å². The molecule has 94 valence electrons. The molecule has 0 aliphatic rings. The van der Waals surface area contributed by atoms with Crippen LogP contribution in [-0.2, 0) is 10.1 Å². The molecule has 0 aliphatic carbocycles. The molecule has 0 atom stereocenters. The minimum Gasteiger partial charge on any atom is -0.444 e. The molecule has 0 saturated heterocycles. The Kier molecular flexibility index (Phi) is 4.51. The first kappa shape index (κ1) is 14.0. The Labute approximate surface area is 108 Å². The van der Waals surface area contributed by atoms with Crippen molar-refractivity contribution >= 4 is 27.7 Å². The molecule has 3 nitrogen and oxygen atoms in total. The molecule has 1 aromatic carbocycles. The molecule has 1 aromatic rings. The van der Waals surface area contributed by atoms with Crippen LogP contribution in [0.5, 0.6) is 0 Å². The summed E-state index contributed by atoms with van der Waals surface area (Å²) in [4.78, 5) is 11.5. The highest BCUT2D eigenvalue weighted by molar-refractivity contribution is 9.08. The zero-order valence-corrected chi connectivity index (χ0v) is 11.6. The van der Waals surface area contributed by atoms with Gasteiger partial charge in [-0.05, 0) is 38.5 Å². The largest absolute Gasteiger partial charge is 0.444 e. The predicted molar refractivity (Wildman–Crippen MR) is 68.9 cm³/mol. The summed E-state index contributed by atoms with van der Waals surface area (Å²) in [6.07, 6.45) is -0.592. The first-order chi connectivity index (χ1) is 7.81. The second-order valence-corrected chi connectivity index (χ2v) is 5.12. The fourth-order valence-electron chi connectivity index (χ4n) is 1.20. The van der Waals surface area contributed by atoms with E-state index in [-0.39, 0.29) is 0 Å². The predicted octanol–water partition coefficient (Wildman–Crippen LogP) is 4.07. The third kappa shape index (κ3) is 4.73. The summed E-state index contributed by atoms with van der Waals surface area (Å²) in [5, 5.41) is 3.05. The van der Waals surface area contributed by atoms with Crippen LogP contribution in [0.15, 0.2) is 18.2 Å². The smallest absolute Gasteiger partial charge is 0.412 e. The van der Waals surface area contributed by atoms with E-state index in [9.17, 15) is 9.18 Å². The second-order valence-electron chi connectivity index (χ2n) is 4.56. The Balaban J connectivity index is 2.80. The van der Waals surface area contributed by atoms with Crippen LogP contribution >= 0.6 is 15.9 Å². The standard InChI is InChI=1S/C12H15BrFNO2/c1-12(2,3)17-11(16)15-10-6-9(14)5-4-8(10)7-13/h4-6H,7H2,1-3H3,(H,15,16). The number of halogens is 2. The SMILES string of the molecule is CC(C)(C)OC(=O)Nc1cc(F)ccc1CBr. The van der Waals surface area contributed by atoms with E-state index in [0.717, 1.165) is 5.56 Å². The van der Waals surface area contributed by atoms with E-state index in [1.165, 1.54) is 12.1 Å². The highest BCUT2D eigenvalue weighted by Gasteiger charge is 2.17. The van der Waals surface area contributed by atoms with Crippen LogP contribution in [-0.4, -0.2) is 11.7 Å². The zero-order chi connectivity index (χ0) is 13.1. The Morgan fingerprint density at radius 2 is 2.12 bits per heavy atom. The molecular weight excluding hydrogens is 289 g/mol. The number of alkyl halides is 1. The number of hydrogen-bond donors (Lipinski definition) is 1. The Morgan fingerprint density at radius 3 is 2.65 bits per heavy atom. The Hall–Kier alpha value is -1.10. The molecule has 0 aliphatic heterocycles. The maximum absolute atomic E-state index is 13.1. The van der Waals surface area contributed by atoms with Crippen molar-refractivity contribution in [2.45, 2.75) is 31.7 Å². The van der Waals surface area contributed by atoms with Gasteiger partial charge in [0.2, 0.25) is 0 Å². The van der Waals surface area contributed by atoms with E-state index >= 15 is 0 Å². The third-order valence-corrected chi connectivity index (χ3v) is 2.46. The lowest BCUT2D eigenvalue weighted by Gasteiger charge is -2.20. The first-order valence-electron chi connectivity index (χ1n) is 5.16. The van der Waals surface area contributed by atoms with Crippen LogP contribution in [0, 0.1) is 5.82 Å². The minimum absolute atomic E-state index is 0.402. The molecular formula is C12H15BrFNO2. The second kappa shape index (κ2) is 5.49. The van der Waals surface area contributed by atoms with E-state index in [2.05, 4.69) is 21.2 Å². The zero-order valence-electron chi connectivity index (χ0n) is 10.0. The molecule has 0 saturated carbocycles. The van der Waals surface area contributed by atoms with Crippen molar-refractivity contribution in [1.82, 2.24) is 0 Å². The fraction of sp³-hybridized carbons (Fsp3) is 0.417. The number of ether oxygens (including phenoxy) is 1. The summed E-state index contributed by atoms with van der Waals surface area (Å²) in [5.41, 5.74) is 0.625. The highest BCUT2D eigenvalue weighted by atomic mass is 79.9. The maximum Gasteiger partial charge on any atom is 0.412 e. The monoisotopic (exact) mass is 303 g/mol. The van der Waals surface area contributed by atoms with Crippen LogP contribution < -0.4 is 5.32 Å². The number of carbonyl (C=O) groups excluding carboxylic acids is 1. The molecule has 1 rings (SSSR count). The Bertz CT molecular complexity index is 415. The third-order valence-electron chi connectivity index (χ3n) is 1.85. The molecule has 1 N–H and O–H groups in total. The number of benzene rings is 1. The highest BCUT2D eigenvalue weighted by Crippen LogP contribution is 2.20. The van der Waals surface area contributed by atoms with Crippen molar-refractivity contribution in [3.63, 3.8) is 0 Å². The van der Waals surface area contributed by atoms with E-state index in [1.807, 2.05) is 0 Å². The lowest BCUT2D eigenvalue weighted by atomic mass is 10.2. The van der Waals surface area contributed by atoms with Gasteiger partial charge in [-0.3, -0.25) is 5.32 Å². The van der Waals surface area contributed by atoms with Crippen LogP contribution in [0.4, 0.5) is 14.9 Å². The van der Waals surface area contributed by atoms with E-state index < -0.39 is 17.5 Å². The van der Waals surface area contributed by atoms with Crippen LogP contribution in [0.3, 0.4) is 0 Å². The van der Waals surface area contributed by atoms with Gasteiger partial charge in [0, 0.05) is 5.33 Å². The van der Waals surface area contributed by atoms with Gasteiger partial charge < -0.3 is 4.74 Å². The summed E-state index contributed by atoms with van der Waals surface area (Å²) < 4.78 is 18.2. The molecule has 0 bridgehead atoms. The van der Waals surface area contributed by atoms with Gasteiger partial charge in [0.1, 0.15) is 11.4 Å². The van der Waals surface area contributed by atoms with E-state index in [0.29, 0.717) is 11.0 Å². The maximum atomic E-state index is 13.1. The van der Waals surface area contributed by atoms with Gasteiger partial charge in [-0.25, -0.2) is 9.18 Å². The molecule has 5 heteroatoms. The molecule has 17 heavy (non-hydrogen) atoms. The van der Waals surface area contributed by atoms with Crippen LogP contribution in [0.25, 0.3) is 0 Å². The lowest BCUT2D eigenvalue weighted by Crippen LogP contribution is -2.27. The molecule has 0 spiro atoms. The van der Waals surface area contributed by atoms with Gasteiger partial charge in [-0.1, -0.05) is 22.0 Å². The number of rotatable bonds is 2. The first-order valence-corrected chi connectivity index (χ1v) is 6.28. The molecule has 0 heterocycles.